The first kappa shape index (κ1) is 8.00. The predicted octanol–water partition coefficient (Wildman–Crippen LogP) is 1.66. The molecule has 3 nitrogen and oxygen atoms in total. The molecule has 0 spiro atoms. The Labute approximate surface area is 83.0 Å². The van der Waals surface area contributed by atoms with Crippen molar-refractivity contribution in [3.8, 4) is 0 Å². The third kappa shape index (κ3) is 1.21. The Kier molecular flexibility index (Phi) is 2.02. The minimum atomic E-state index is 0.0458. The van der Waals surface area contributed by atoms with Crippen molar-refractivity contribution in [3.05, 3.63) is 27.6 Å². The second-order valence-electron chi connectivity index (χ2n) is 2.53. The van der Waals surface area contributed by atoms with Gasteiger partial charge in [-0.2, -0.15) is 0 Å². The molecule has 0 saturated carbocycles. The number of hydrogen-bond acceptors (Lipinski definition) is 2. The zero-order chi connectivity index (χ0) is 8.55. The van der Waals surface area contributed by atoms with E-state index >= 15 is 0 Å². The largest absolute Gasteiger partial charge is 0.392 e. The molecular weight excluding hydrogens is 267 g/mol. The predicted molar refractivity (Wildman–Crippen MR) is 54.7 cm³/mol. The molecule has 2 aromatic rings. The lowest BCUT2D eigenvalue weighted by Gasteiger charge is -1.94. The van der Waals surface area contributed by atoms with E-state index in [9.17, 15) is 0 Å². The van der Waals surface area contributed by atoms with Crippen molar-refractivity contribution < 1.29 is 5.11 Å². The lowest BCUT2D eigenvalue weighted by Crippen LogP contribution is -1.85. The number of fused-ring (bicyclic) bond motifs is 1. The second kappa shape index (κ2) is 3.02. The Morgan fingerprint density at radius 2 is 2.42 bits per heavy atom. The average molecular weight is 274 g/mol. The van der Waals surface area contributed by atoms with Gasteiger partial charge in [-0.25, -0.2) is 4.98 Å². The Morgan fingerprint density at radius 3 is 3.17 bits per heavy atom. The summed E-state index contributed by atoms with van der Waals surface area (Å²) in [6.45, 7) is 0.0458. The molecule has 0 aliphatic rings. The number of pyridine rings is 1. The molecule has 12 heavy (non-hydrogen) atoms. The van der Waals surface area contributed by atoms with Gasteiger partial charge in [-0.3, -0.25) is 0 Å². The minimum Gasteiger partial charge on any atom is -0.392 e. The number of H-pyrrole nitrogens is 1. The summed E-state index contributed by atoms with van der Waals surface area (Å²) >= 11 is 2.23. The summed E-state index contributed by atoms with van der Waals surface area (Å²) in [6.07, 6.45) is 3.58. The van der Waals surface area contributed by atoms with Crippen molar-refractivity contribution in [3.63, 3.8) is 0 Å². The van der Waals surface area contributed by atoms with Gasteiger partial charge in [0.2, 0.25) is 0 Å². The third-order valence-electron chi connectivity index (χ3n) is 1.72. The van der Waals surface area contributed by atoms with Crippen molar-refractivity contribution in [2.24, 2.45) is 0 Å². The highest BCUT2D eigenvalue weighted by atomic mass is 127. The number of nitrogens with zero attached hydrogens (tertiary/aromatic N) is 1. The van der Waals surface area contributed by atoms with E-state index in [1.54, 1.807) is 6.20 Å². The summed E-state index contributed by atoms with van der Waals surface area (Å²) in [5.74, 6) is 0. The summed E-state index contributed by atoms with van der Waals surface area (Å²) in [6, 6.07) is 1.95. The zero-order valence-electron chi connectivity index (χ0n) is 6.21. The first-order valence-corrected chi connectivity index (χ1v) is 4.61. The minimum absolute atomic E-state index is 0.0458. The molecule has 2 aromatic heterocycles. The van der Waals surface area contributed by atoms with Crippen molar-refractivity contribution in [1.82, 2.24) is 9.97 Å². The fourth-order valence-corrected chi connectivity index (χ4v) is 1.67. The first-order valence-electron chi connectivity index (χ1n) is 3.53. The highest BCUT2D eigenvalue weighted by Crippen LogP contribution is 2.18. The van der Waals surface area contributed by atoms with Crippen LogP contribution < -0.4 is 0 Å². The number of halogens is 1. The van der Waals surface area contributed by atoms with Crippen LogP contribution in [0.5, 0.6) is 0 Å². The van der Waals surface area contributed by atoms with Crippen LogP contribution in [0.25, 0.3) is 11.0 Å². The lowest BCUT2D eigenvalue weighted by atomic mass is 10.2. The maximum atomic E-state index is 8.87. The van der Waals surface area contributed by atoms with Gasteiger partial charge in [0, 0.05) is 21.4 Å². The average Bonchev–Trinajstić information content (AvgIpc) is 2.47. The standard InChI is InChI=1S/C8H7IN2O/c9-7-3-11-8-6(7)1-5(4-12)2-10-8/h1-3,12H,4H2,(H,10,11). The van der Waals surface area contributed by atoms with Crippen LogP contribution in [0.15, 0.2) is 18.5 Å². The van der Waals surface area contributed by atoms with E-state index in [0.29, 0.717) is 0 Å². The normalized spacial score (nSPS) is 10.8. The lowest BCUT2D eigenvalue weighted by molar-refractivity contribution is 0.281. The monoisotopic (exact) mass is 274 g/mol. The van der Waals surface area contributed by atoms with E-state index in [0.717, 1.165) is 20.2 Å². The van der Waals surface area contributed by atoms with Crippen molar-refractivity contribution in [1.29, 1.82) is 0 Å². The molecule has 2 heterocycles. The Balaban J connectivity index is 2.71. The van der Waals surface area contributed by atoms with Crippen LogP contribution >= 0.6 is 22.6 Å². The van der Waals surface area contributed by atoms with E-state index in [2.05, 4.69) is 32.6 Å². The molecule has 0 bridgehead atoms. The smallest absolute Gasteiger partial charge is 0.138 e. The van der Waals surface area contributed by atoms with Gasteiger partial charge in [0.25, 0.3) is 0 Å². The van der Waals surface area contributed by atoms with Gasteiger partial charge in [-0.1, -0.05) is 0 Å². The van der Waals surface area contributed by atoms with Gasteiger partial charge >= 0.3 is 0 Å². The van der Waals surface area contributed by atoms with Gasteiger partial charge in [0.15, 0.2) is 0 Å². The highest BCUT2D eigenvalue weighted by Gasteiger charge is 2.01. The van der Waals surface area contributed by atoms with E-state index in [-0.39, 0.29) is 6.61 Å². The van der Waals surface area contributed by atoms with E-state index < -0.39 is 0 Å². The molecule has 0 radical (unpaired) electrons. The molecular formula is C8H7IN2O. The molecule has 0 atom stereocenters. The summed E-state index contributed by atoms with van der Waals surface area (Å²) in [5, 5.41) is 9.94. The molecule has 62 valence electrons. The van der Waals surface area contributed by atoms with Crippen molar-refractivity contribution in [2.45, 2.75) is 6.61 Å². The van der Waals surface area contributed by atoms with Crippen LogP contribution in [-0.2, 0) is 6.61 Å². The molecule has 0 unspecified atom stereocenters. The Morgan fingerprint density at radius 1 is 1.58 bits per heavy atom. The molecule has 0 aromatic carbocycles. The van der Waals surface area contributed by atoms with Crippen LogP contribution in [0.2, 0.25) is 0 Å². The number of aliphatic hydroxyl groups excluding tert-OH is 1. The number of aromatic amines is 1. The molecule has 0 saturated heterocycles. The van der Waals surface area contributed by atoms with Gasteiger partial charge < -0.3 is 10.1 Å². The fraction of sp³-hybridized carbons (Fsp3) is 0.125. The van der Waals surface area contributed by atoms with Crippen LogP contribution in [0.4, 0.5) is 0 Å². The number of aromatic nitrogens is 2. The summed E-state index contributed by atoms with van der Waals surface area (Å²) in [4.78, 5) is 7.19. The topological polar surface area (TPSA) is 48.9 Å². The number of nitrogens with one attached hydrogen (secondary N) is 1. The van der Waals surface area contributed by atoms with Crippen LogP contribution in [-0.4, -0.2) is 15.1 Å². The first-order chi connectivity index (χ1) is 5.81. The summed E-state index contributed by atoms with van der Waals surface area (Å²) in [7, 11) is 0. The van der Waals surface area contributed by atoms with Gasteiger partial charge in [-0.15, -0.1) is 0 Å². The van der Waals surface area contributed by atoms with Gasteiger partial charge in [-0.05, 0) is 34.2 Å². The zero-order valence-corrected chi connectivity index (χ0v) is 8.37. The maximum absolute atomic E-state index is 8.87. The van der Waals surface area contributed by atoms with Gasteiger partial charge in [0.05, 0.1) is 6.61 Å². The van der Waals surface area contributed by atoms with Crippen LogP contribution in [0.1, 0.15) is 5.56 Å². The fourth-order valence-electron chi connectivity index (χ4n) is 1.10. The van der Waals surface area contributed by atoms with Crippen LogP contribution in [0, 0.1) is 3.57 Å². The molecule has 0 aliphatic carbocycles. The quantitative estimate of drug-likeness (QED) is 0.777. The molecule has 2 N–H and O–H groups in total. The number of hydrogen-bond donors (Lipinski definition) is 2. The maximum Gasteiger partial charge on any atom is 0.138 e. The third-order valence-corrected chi connectivity index (χ3v) is 2.61. The van der Waals surface area contributed by atoms with Gasteiger partial charge in [0.1, 0.15) is 5.65 Å². The highest BCUT2D eigenvalue weighted by molar-refractivity contribution is 14.1. The Bertz CT molecular complexity index is 410. The summed E-state index contributed by atoms with van der Waals surface area (Å²) < 4.78 is 1.13. The van der Waals surface area contributed by atoms with Crippen LogP contribution in [0.3, 0.4) is 0 Å². The molecule has 0 fully saturated rings. The molecule has 4 heteroatoms. The summed E-state index contributed by atoms with van der Waals surface area (Å²) in [5.41, 5.74) is 1.72. The van der Waals surface area contributed by atoms with Crippen molar-refractivity contribution in [2.75, 3.05) is 0 Å². The second-order valence-corrected chi connectivity index (χ2v) is 3.70. The molecule has 2 rings (SSSR count). The van der Waals surface area contributed by atoms with E-state index in [4.69, 9.17) is 5.11 Å². The molecule has 0 aliphatic heterocycles. The van der Waals surface area contributed by atoms with E-state index in [1.165, 1.54) is 0 Å². The van der Waals surface area contributed by atoms with E-state index in [1.807, 2.05) is 12.3 Å². The molecule has 0 amide bonds. The Hall–Kier alpha value is -0.620. The number of rotatable bonds is 1. The SMILES string of the molecule is OCc1cnc2[nH]cc(I)c2c1. The van der Waals surface area contributed by atoms with Crippen molar-refractivity contribution >= 4 is 33.6 Å². The number of aliphatic hydroxyl groups is 1.